The monoisotopic (exact) mass is 618 g/mol. The number of halogens is 2. The quantitative estimate of drug-likeness (QED) is 0.212. The molecule has 4 rings (SSSR count). The molecule has 4 amide bonds. The minimum Gasteiger partial charge on any atom is -0.508 e. The summed E-state index contributed by atoms with van der Waals surface area (Å²) in [5.41, 5.74) is 1.42. The third-order valence-electron chi connectivity index (χ3n) is 5.15. The highest BCUT2D eigenvalue weighted by molar-refractivity contribution is 14.1. The van der Waals surface area contributed by atoms with Gasteiger partial charge in [0.2, 0.25) is 0 Å². The van der Waals surface area contributed by atoms with Crippen LogP contribution in [0.2, 0.25) is 5.02 Å². The second-order valence-corrected chi connectivity index (χ2v) is 9.25. The Morgan fingerprint density at radius 1 is 1.03 bits per heavy atom. The Bertz CT molecular complexity index is 1360. The molecule has 0 bridgehead atoms. The lowest BCUT2D eigenvalue weighted by Gasteiger charge is -2.26. The minimum absolute atomic E-state index is 0.0214. The van der Waals surface area contributed by atoms with Crippen LogP contribution >= 0.6 is 34.2 Å². The Morgan fingerprint density at radius 2 is 1.72 bits per heavy atom. The Morgan fingerprint density at radius 3 is 2.39 bits per heavy atom. The molecule has 0 saturated carbocycles. The van der Waals surface area contributed by atoms with Crippen LogP contribution in [0.3, 0.4) is 0 Å². The maximum atomic E-state index is 13.1. The normalized spacial score (nSPS) is 14.7. The topological polar surface area (TPSA) is 105 Å². The number of amides is 4. The molecule has 1 aliphatic rings. The van der Waals surface area contributed by atoms with Crippen LogP contribution in [0.1, 0.15) is 18.1 Å². The van der Waals surface area contributed by atoms with Crippen molar-refractivity contribution >= 4 is 63.8 Å². The first-order valence-corrected chi connectivity index (χ1v) is 12.3. The number of nitrogens with zero attached hydrogens (tertiary/aromatic N) is 1. The Hall–Kier alpha value is -3.57. The van der Waals surface area contributed by atoms with E-state index in [1.165, 1.54) is 30.3 Å². The summed E-state index contributed by atoms with van der Waals surface area (Å²) < 4.78 is 12.5. The summed E-state index contributed by atoms with van der Waals surface area (Å²) >= 11 is 8.04. The van der Waals surface area contributed by atoms with Gasteiger partial charge in [-0.15, -0.1) is 0 Å². The van der Waals surface area contributed by atoms with Gasteiger partial charge >= 0.3 is 6.03 Å². The second kappa shape index (κ2) is 11.0. The molecule has 0 spiro atoms. The average molecular weight is 619 g/mol. The Labute approximate surface area is 225 Å². The number of hydrogen-bond donors (Lipinski definition) is 2. The molecular formula is C26H20ClIN2O6. The highest BCUT2D eigenvalue weighted by Gasteiger charge is 2.36. The van der Waals surface area contributed by atoms with Gasteiger partial charge in [0.1, 0.15) is 17.9 Å². The number of urea groups is 1. The van der Waals surface area contributed by atoms with Crippen LogP contribution in [-0.4, -0.2) is 29.6 Å². The second-order valence-electron chi connectivity index (χ2n) is 7.65. The van der Waals surface area contributed by atoms with Crippen molar-refractivity contribution < 1.29 is 29.0 Å². The summed E-state index contributed by atoms with van der Waals surface area (Å²) in [7, 11) is 0. The van der Waals surface area contributed by atoms with Gasteiger partial charge in [0.05, 0.1) is 15.9 Å². The van der Waals surface area contributed by atoms with E-state index in [4.69, 9.17) is 21.1 Å². The molecule has 1 fully saturated rings. The predicted molar refractivity (Wildman–Crippen MR) is 143 cm³/mol. The Balaban J connectivity index is 1.65. The first kappa shape index (κ1) is 25.5. The molecule has 1 aliphatic heterocycles. The number of carbonyl (C=O) groups is 3. The van der Waals surface area contributed by atoms with Gasteiger partial charge in [0.15, 0.2) is 11.5 Å². The molecule has 0 atom stereocenters. The smallest absolute Gasteiger partial charge is 0.335 e. The van der Waals surface area contributed by atoms with Gasteiger partial charge < -0.3 is 14.6 Å². The van der Waals surface area contributed by atoms with E-state index in [9.17, 15) is 19.5 Å². The molecule has 2 N–H and O–H groups in total. The number of aromatic hydroxyl groups is 1. The van der Waals surface area contributed by atoms with Crippen LogP contribution in [0, 0.1) is 3.57 Å². The number of phenolic OH excluding ortho intramolecular Hbond substituents is 1. The molecule has 3 aromatic carbocycles. The van der Waals surface area contributed by atoms with Crippen LogP contribution in [0.5, 0.6) is 17.2 Å². The number of rotatable bonds is 7. The lowest BCUT2D eigenvalue weighted by atomic mass is 10.1. The van der Waals surface area contributed by atoms with Crippen molar-refractivity contribution in [3.63, 3.8) is 0 Å². The van der Waals surface area contributed by atoms with Crippen molar-refractivity contribution in [2.75, 3.05) is 11.5 Å². The number of imide groups is 2. The highest BCUT2D eigenvalue weighted by Crippen LogP contribution is 2.36. The van der Waals surface area contributed by atoms with Crippen molar-refractivity contribution in [2.24, 2.45) is 0 Å². The van der Waals surface area contributed by atoms with Crippen molar-refractivity contribution in [3.05, 3.63) is 86.0 Å². The number of benzene rings is 3. The molecule has 0 unspecified atom stereocenters. The predicted octanol–water partition coefficient (Wildman–Crippen LogP) is 5.29. The first-order valence-electron chi connectivity index (χ1n) is 10.8. The molecule has 0 radical (unpaired) electrons. The van der Waals surface area contributed by atoms with Gasteiger partial charge in [-0.1, -0.05) is 23.7 Å². The Kier molecular flexibility index (Phi) is 7.80. The number of ether oxygens (including phenoxy) is 2. The van der Waals surface area contributed by atoms with E-state index in [1.54, 1.807) is 24.3 Å². The molecule has 3 aromatic rings. The van der Waals surface area contributed by atoms with Crippen LogP contribution in [0.4, 0.5) is 10.5 Å². The zero-order valence-corrected chi connectivity index (χ0v) is 21.9. The first-order chi connectivity index (χ1) is 17.3. The maximum Gasteiger partial charge on any atom is 0.335 e. The van der Waals surface area contributed by atoms with Crippen LogP contribution in [0.25, 0.3) is 6.08 Å². The summed E-state index contributed by atoms with van der Waals surface area (Å²) in [6.45, 7) is 2.49. The fourth-order valence-electron chi connectivity index (χ4n) is 3.47. The van der Waals surface area contributed by atoms with Gasteiger partial charge in [-0.3, -0.25) is 14.9 Å². The van der Waals surface area contributed by atoms with Gasteiger partial charge in [-0.05, 0) is 95.2 Å². The largest absolute Gasteiger partial charge is 0.508 e. The molecule has 0 aromatic heterocycles. The molecule has 8 nitrogen and oxygen atoms in total. The minimum atomic E-state index is -0.872. The van der Waals surface area contributed by atoms with Gasteiger partial charge in [-0.2, -0.15) is 0 Å². The highest BCUT2D eigenvalue weighted by atomic mass is 127. The molecule has 36 heavy (non-hydrogen) atoms. The average Bonchev–Trinajstić information content (AvgIpc) is 2.83. The molecule has 184 valence electrons. The molecule has 1 saturated heterocycles. The van der Waals surface area contributed by atoms with E-state index in [1.807, 2.05) is 19.1 Å². The molecule has 10 heteroatoms. The van der Waals surface area contributed by atoms with Gasteiger partial charge in [-0.25, -0.2) is 9.69 Å². The third kappa shape index (κ3) is 5.63. The summed E-state index contributed by atoms with van der Waals surface area (Å²) in [6.07, 6.45) is 1.39. The van der Waals surface area contributed by atoms with Crippen molar-refractivity contribution in [1.82, 2.24) is 5.32 Å². The number of hydrogen-bond acceptors (Lipinski definition) is 6. The molecular weight excluding hydrogens is 599 g/mol. The number of barbiturate groups is 1. The number of nitrogens with one attached hydrogen (secondary N) is 1. The maximum absolute atomic E-state index is 13.1. The van der Waals surface area contributed by atoms with Crippen LogP contribution in [0.15, 0.2) is 66.2 Å². The third-order valence-corrected chi connectivity index (χ3v) is 6.20. The summed E-state index contributed by atoms with van der Waals surface area (Å²) in [5.74, 6) is -0.649. The van der Waals surface area contributed by atoms with E-state index >= 15 is 0 Å². The van der Waals surface area contributed by atoms with Crippen LogP contribution in [-0.2, 0) is 16.2 Å². The number of anilines is 1. The fourth-order valence-corrected chi connectivity index (χ4v) is 4.38. The SMILES string of the molecule is CCOc1cc(/C=C2\C(=O)NC(=O)N(c3ccc(O)cc3)C2=O)cc(I)c1OCc1ccc(Cl)cc1. The van der Waals surface area contributed by atoms with E-state index in [2.05, 4.69) is 27.9 Å². The van der Waals surface area contributed by atoms with Gasteiger partial charge in [0, 0.05) is 5.02 Å². The summed E-state index contributed by atoms with van der Waals surface area (Å²) in [6, 6.07) is 15.3. The van der Waals surface area contributed by atoms with E-state index < -0.39 is 17.8 Å². The lowest BCUT2D eigenvalue weighted by Crippen LogP contribution is -2.54. The van der Waals surface area contributed by atoms with Crippen LogP contribution < -0.4 is 19.7 Å². The number of carbonyl (C=O) groups excluding carboxylic acids is 3. The number of phenols is 1. The van der Waals surface area contributed by atoms with Crippen molar-refractivity contribution in [3.8, 4) is 17.2 Å². The zero-order valence-electron chi connectivity index (χ0n) is 19.0. The van der Waals surface area contributed by atoms with E-state index in [0.717, 1.165) is 10.5 Å². The summed E-state index contributed by atoms with van der Waals surface area (Å²) in [5, 5.41) is 12.3. The van der Waals surface area contributed by atoms with E-state index in [0.29, 0.717) is 32.3 Å². The standard InChI is InChI=1S/C26H20ClIN2O6/c1-2-35-22-13-16(12-21(28)23(22)36-14-15-3-5-17(27)6-4-15)11-20-24(32)29-26(34)30(25(20)33)18-7-9-19(31)10-8-18/h3-13,31H,2,14H2,1H3,(H,29,32,34)/b20-11+. The molecule has 0 aliphatic carbocycles. The van der Waals surface area contributed by atoms with Gasteiger partial charge in [0.25, 0.3) is 11.8 Å². The fraction of sp³-hybridized carbons (Fsp3) is 0.115. The van der Waals surface area contributed by atoms with Crippen molar-refractivity contribution in [2.45, 2.75) is 13.5 Å². The molecule has 1 heterocycles. The zero-order chi connectivity index (χ0) is 25.8. The lowest BCUT2D eigenvalue weighted by molar-refractivity contribution is -0.122. The van der Waals surface area contributed by atoms with E-state index in [-0.39, 0.29) is 23.6 Å². The van der Waals surface area contributed by atoms with Crippen molar-refractivity contribution in [1.29, 1.82) is 0 Å². The summed E-state index contributed by atoms with van der Waals surface area (Å²) in [4.78, 5) is 38.9.